The number of fused-ring (bicyclic) bond motifs is 9. The Balaban J connectivity index is 0.904. The van der Waals surface area contributed by atoms with Crippen molar-refractivity contribution >= 4 is 71.0 Å². The molecule has 6 aromatic heterocycles. The number of hydrogen-bond donors (Lipinski definition) is 0. The van der Waals surface area contributed by atoms with Gasteiger partial charge in [-0.3, -0.25) is 9.97 Å². The van der Waals surface area contributed by atoms with Crippen LogP contribution in [0.3, 0.4) is 0 Å². The van der Waals surface area contributed by atoms with Gasteiger partial charge in [-0.1, -0.05) is 140 Å². The van der Waals surface area contributed by atoms with E-state index in [1.165, 1.54) is 43.4 Å². The fourth-order valence-corrected chi connectivity index (χ4v) is 11.5. The molecule has 0 N–H and O–H groups in total. The van der Waals surface area contributed by atoms with Gasteiger partial charge in [-0.05, 0) is 102 Å². The molecule has 1 aliphatic carbocycles. The highest BCUT2D eigenvalue weighted by Crippen LogP contribution is 2.42. The molecule has 1 unspecified atom stereocenters. The van der Waals surface area contributed by atoms with Gasteiger partial charge in [0.25, 0.3) is 0 Å². The molecule has 0 aliphatic heterocycles. The molecule has 8 heteroatoms. The SMILES string of the molecule is C1=CC(n2c3ccc(-n4c5ccccc5c5cc(-c6cccnc6)ccc54)cc3c3cc(-n4c5ccccc5c5cc(-c6cccnc6)ccc54)ccc32)CC=C1c1nc(-c2ccccc2)nc(-c2ccccc2)n1. The lowest BCUT2D eigenvalue weighted by molar-refractivity contribution is 0.649. The molecule has 0 spiro atoms. The smallest absolute Gasteiger partial charge is 0.164 e. The van der Waals surface area contributed by atoms with Crippen LogP contribution in [-0.4, -0.2) is 38.6 Å². The van der Waals surface area contributed by atoms with Gasteiger partial charge < -0.3 is 13.7 Å². The Morgan fingerprint density at radius 1 is 0.347 bits per heavy atom. The normalized spacial score (nSPS) is 13.7. The molecule has 1 atom stereocenters. The van der Waals surface area contributed by atoms with Crippen LogP contribution < -0.4 is 0 Å². The lowest BCUT2D eigenvalue weighted by Crippen LogP contribution is -2.09. The van der Waals surface area contributed by atoms with Crippen LogP contribution in [0.1, 0.15) is 18.3 Å². The van der Waals surface area contributed by atoms with E-state index >= 15 is 0 Å². The summed E-state index contributed by atoms with van der Waals surface area (Å²) in [6.45, 7) is 0. The second-order valence-corrected chi connectivity index (χ2v) is 19.3. The molecule has 352 valence electrons. The van der Waals surface area contributed by atoms with Crippen LogP contribution in [0.15, 0.2) is 249 Å². The predicted octanol–water partition coefficient (Wildman–Crippen LogP) is 16.2. The second kappa shape index (κ2) is 17.3. The van der Waals surface area contributed by atoms with Crippen molar-refractivity contribution in [3.8, 4) is 56.4 Å². The van der Waals surface area contributed by atoms with Crippen LogP contribution >= 0.6 is 0 Å². The maximum Gasteiger partial charge on any atom is 0.164 e. The Bertz CT molecular complexity index is 4340. The van der Waals surface area contributed by atoms with Gasteiger partial charge in [-0.2, -0.15) is 0 Å². The van der Waals surface area contributed by atoms with E-state index < -0.39 is 0 Å². The highest BCUT2D eigenvalue weighted by molar-refractivity contribution is 6.14. The summed E-state index contributed by atoms with van der Waals surface area (Å²) < 4.78 is 7.38. The Morgan fingerprint density at radius 2 is 0.787 bits per heavy atom. The first-order valence-corrected chi connectivity index (χ1v) is 25.4. The number of benzene rings is 8. The highest BCUT2D eigenvalue weighted by Gasteiger charge is 2.24. The lowest BCUT2D eigenvalue weighted by Gasteiger charge is -2.21. The molecule has 75 heavy (non-hydrogen) atoms. The van der Waals surface area contributed by atoms with E-state index in [2.05, 4.69) is 200 Å². The molecule has 0 bridgehead atoms. The van der Waals surface area contributed by atoms with Gasteiger partial charge in [-0.25, -0.2) is 15.0 Å². The highest BCUT2D eigenvalue weighted by atomic mass is 15.0. The van der Waals surface area contributed by atoms with Gasteiger partial charge in [0.15, 0.2) is 17.5 Å². The van der Waals surface area contributed by atoms with Crippen molar-refractivity contribution in [3.05, 3.63) is 255 Å². The molecule has 6 heterocycles. The number of aromatic nitrogens is 8. The lowest BCUT2D eigenvalue weighted by atomic mass is 10.0. The van der Waals surface area contributed by atoms with Gasteiger partial charge >= 0.3 is 0 Å². The first kappa shape index (κ1) is 42.6. The Kier molecular flexibility index (Phi) is 9.84. The summed E-state index contributed by atoms with van der Waals surface area (Å²) in [5, 5.41) is 7.19. The van der Waals surface area contributed by atoms with Crippen molar-refractivity contribution < 1.29 is 0 Å². The minimum absolute atomic E-state index is 0.0211. The van der Waals surface area contributed by atoms with Crippen LogP contribution in [0.2, 0.25) is 0 Å². The molecule has 0 amide bonds. The van der Waals surface area contributed by atoms with Gasteiger partial charge in [0.05, 0.1) is 28.1 Å². The van der Waals surface area contributed by atoms with E-state index in [-0.39, 0.29) is 6.04 Å². The summed E-state index contributed by atoms with van der Waals surface area (Å²) in [4.78, 5) is 24.0. The van der Waals surface area contributed by atoms with Crippen LogP contribution in [-0.2, 0) is 0 Å². The predicted molar refractivity (Wildman–Crippen MR) is 306 cm³/mol. The summed E-state index contributed by atoms with van der Waals surface area (Å²) in [6.07, 6.45) is 15.1. The molecule has 0 fully saturated rings. The number of pyridine rings is 2. The first-order valence-electron chi connectivity index (χ1n) is 25.4. The zero-order chi connectivity index (χ0) is 49.4. The van der Waals surface area contributed by atoms with E-state index in [1.807, 2.05) is 73.3 Å². The standard InChI is InChI=1S/C67H44N8/c1-3-13-43(14-4-1)65-70-66(44-15-5-2-6-16-44)72-67(71-65)45-23-27-50(28-24-45)73-63-33-29-51(74-59-21-9-7-19-53(59)55-37-46(25-31-61(55)74)48-17-11-35-68-41-48)39-57(63)58-40-52(30-34-64(58)73)75-60-22-10-8-20-54(60)56-38-47(26-32-62(56)75)49-18-12-36-69-42-49/h1-27,29-42,50H,28H2. The zero-order valence-corrected chi connectivity index (χ0v) is 40.5. The van der Waals surface area contributed by atoms with Crippen molar-refractivity contribution in [2.75, 3.05) is 0 Å². The number of allylic oxidation sites excluding steroid dienone is 4. The van der Waals surface area contributed by atoms with Gasteiger partial charge in [0, 0.05) is 107 Å². The molecule has 8 nitrogen and oxygen atoms in total. The van der Waals surface area contributed by atoms with Crippen LogP contribution in [0.4, 0.5) is 0 Å². The Hall–Kier alpha value is -10.1. The summed E-state index contributed by atoms with van der Waals surface area (Å²) in [5.74, 6) is 1.96. The third-order valence-electron chi connectivity index (χ3n) is 15.0. The average molecular weight is 961 g/mol. The van der Waals surface area contributed by atoms with Crippen molar-refractivity contribution in [2.24, 2.45) is 0 Å². The third-order valence-corrected chi connectivity index (χ3v) is 15.0. The fourth-order valence-electron chi connectivity index (χ4n) is 11.5. The number of para-hydroxylation sites is 2. The number of hydrogen-bond acceptors (Lipinski definition) is 5. The molecule has 0 saturated heterocycles. The first-order chi connectivity index (χ1) is 37.2. The monoisotopic (exact) mass is 960 g/mol. The van der Waals surface area contributed by atoms with Gasteiger partial charge in [-0.15, -0.1) is 0 Å². The van der Waals surface area contributed by atoms with E-state index in [0.717, 1.165) is 78.8 Å². The number of nitrogens with zero attached hydrogens (tertiary/aromatic N) is 8. The topological polar surface area (TPSA) is 79.2 Å². The summed E-state index contributed by atoms with van der Waals surface area (Å²) in [6, 6.07) is 73.7. The quantitative estimate of drug-likeness (QED) is 0.152. The molecule has 0 saturated carbocycles. The van der Waals surface area contributed by atoms with Crippen LogP contribution in [0.25, 0.3) is 127 Å². The van der Waals surface area contributed by atoms with Crippen LogP contribution in [0.5, 0.6) is 0 Å². The average Bonchev–Trinajstić information content (AvgIpc) is 4.13. The molecule has 0 radical (unpaired) electrons. The molecule has 15 rings (SSSR count). The summed E-state index contributed by atoms with van der Waals surface area (Å²) >= 11 is 0. The number of rotatable bonds is 8. The zero-order valence-electron chi connectivity index (χ0n) is 40.5. The second-order valence-electron chi connectivity index (χ2n) is 19.3. The maximum absolute atomic E-state index is 5.08. The molecular weight excluding hydrogens is 917 g/mol. The Morgan fingerprint density at radius 3 is 1.27 bits per heavy atom. The molecule has 14 aromatic rings. The Labute approximate surface area is 431 Å². The van der Waals surface area contributed by atoms with Crippen LogP contribution in [0, 0.1) is 0 Å². The molecule has 8 aromatic carbocycles. The van der Waals surface area contributed by atoms with E-state index in [4.69, 9.17) is 15.0 Å². The van der Waals surface area contributed by atoms with Crippen molar-refractivity contribution in [3.63, 3.8) is 0 Å². The van der Waals surface area contributed by atoms with E-state index in [0.29, 0.717) is 17.5 Å². The fraction of sp³-hybridized carbons (Fsp3) is 0.0299. The molecule has 1 aliphatic rings. The van der Waals surface area contributed by atoms with Gasteiger partial charge in [0.2, 0.25) is 0 Å². The minimum atomic E-state index is 0.0211. The molecular formula is C67H44N8. The summed E-state index contributed by atoms with van der Waals surface area (Å²) in [5.41, 5.74) is 16.5. The summed E-state index contributed by atoms with van der Waals surface area (Å²) in [7, 11) is 0. The van der Waals surface area contributed by atoms with E-state index in [9.17, 15) is 0 Å². The minimum Gasteiger partial charge on any atom is -0.333 e. The van der Waals surface area contributed by atoms with E-state index in [1.54, 1.807) is 0 Å². The largest absolute Gasteiger partial charge is 0.333 e. The van der Waals surface area contributed by atoms with Crippen molar-refractivity contribution in [1.29, 1.82) is 0 Å². The van der Waals surface area contributed by atoms with Crippen molar-refractivity contribution in [1.82, 2.24) is 38.6 Å². The third kappa shape index (κ3) is 7.10. The maximum atomic E-state index is 5.08. The van der Waals surface area contributed by atoms with Crippen molar-refractivity contribution in [2.45, 2.75) is 12.5 Å². The van der Waals surface area contributed by atoms with Gasteiger partial charge in [0.1, 0.15) is 0 Å².